The van der Waals surface area contributed by atoms with Gasteiger partial charge in [0, 0.05) is 39.3 Å². The Morgan fingerprint density at radius 1 is 0.395 bits per heavy atom. The fourth-order valence-electron chi connectivity index (χ4n) is 3.78. The van der Waals surface area contributed by atoms with Crippen molar-refractivity contribution in [3.05, 3.63) is 0 Å². The molecule has 0 aliphatic carbocycles. The van der Waals surface area contributed by atoms with Crippen LogP contribution in [0.1, 0.15) is 38.5 Å². The van der Waals surface area contributed by atoms with E-state index < -0.39 is 7.82 Å². The first kappa shape index (κ1) is 37.9. The summed E-state index contributed by atoms with van der Waals surface area (Å²) >= 11 is 0. The second-order valence-electron chi connectivity index (χ2n) is 12.2. The normalized spacial score (nSPS) is 13.4. The van der Waals surface area contributed by atoms with Crippen molar-refractivity contribution in [2.45, 2.75) is 56.8 Å². The molecule has 0 rings (SSSR count). The van der Waals surface area contributed by atoms with Gasteiger partial charge in [0.25, 0.3) is 0 Å². The maximum Gasteiger partial charge on any atom is 0.475 e. The lowest BCUT2D eigenvalue weighted by Gasteiger charge is -2.32. The SMILES string of the molecule is CN(C)CCC(CCN(C)C)OP(=O)(OC(CCN(C)C)CCN(C)C)OC(CCN(C)C)CCN(C)C. The van der Waals surface area contributed by atoms with E-state index in [1.807, 2.05) is 84.6 Å². The van der Waals surface area contributed by atoms with E-state index in [1.165, 1.54) is 0 Å². The van der Waals surface area contributed by atoms with Crippen LogP contribution in [0.2, 0.25) is 0 Å². The smallest absolute Gasteiger partial charge is 0.309 e. The summed E-state index contributed by atoms with van der Waals surface area (Å²) in [5.74, 6) is 0. The van der Waals surface area contributed by atoms with Gasteiger partial charge >= 0.3 is 7.82 Å². The van der Waals surface area contributed by atoms with Crippen LogP contribution in [0.15, 0.2) is 0 Å². The molecule has 0 N–H and O–H groups in total. The van der Waals surface area contributed by atoms with Gasteiger partial charge < -0.3 is 29.4 Å². The minimum absolute atomic E-state index is 0.225. The van der Waals surface area contributed by atoms with Crippen LogP contribution in [0.5, 0.6) is 0 Å². The highest BCUT2D eigenvalue weighted by Crippen LogP contribution is 2.54. The molecule has 0 bridgehead atoms. The maximum absolute atomic E-state index is 14.6. The van der Waals surface area contributed by atoms with Gasteiger partial charge in [0.15, 0.2) is 0 Å². The molecule has 0 amide bonds. The Kier molecular flexibility index (Phi) is 20.6. The van der Waals surface area contributed by atoms with Gasteiger partial charge in [0.2, 0.25) is 0 Å². The quantitative estimate of drug-likeness (QED) is 0.163. The van der Waals surface area contributed by atoms with E-state index in [0.717, 1.165) is 77.8 Å². The molecule has 11 heteroatoms. The summed E-state index contributed by atoms with van der Waals surface area (Å²) in [6, 6.07) is 0. The molecule has 0 aromatic rings. The van der Waals surface area contributed by atoms with Crippen molar-refractivity contribution < 1.29 is 18.1 Å². The van der Waals surface area contributed by atoms with Gasteiger partial charge in [0.1, 0.15) is 0 Å². The van der Waals surface area contributed by atoms with Crippen LogP contribution in [0.4, 0.5) is 0 Å². The van der Waals surface area contributed by atoms with E-state index in [2.05, 4.69) is 29.4 Å². The Morgan fingerprint density at radius 2 is 0.553 bits per heavy atom. The molecule has 0 saturated carbocycles. The van der Waals surface area contributed by atoms with E-state index in [1.54, 1.807) is 0 Å². The van der Waals surface area contributed by atoms with Gasteiger partial charge in [-0.2, -0.15) is 0 Å². The molecule has 0 heterocycles. The monoisotopic (exact) mass is 566 g/mol. The molecule has 0 fully saturated rings. The maximum atomic E-state index is 14.6. The Bertz CT molecular complexity index is 506. The fourth-order valence-corrected chi connectivity index (χ4v) is 5.66. The Hall–Kier alpha value is -0.130. The van der Waals surface area contributed by atoms with Crippen molar-refractivity contribution in [3.8, 4) is 0 Å². The van der Waals surface area contributed by atoms with Crippen LogP contribution >= 0.6 is 7.82 Å². The third-order valence-corrected chi connectivity index (χ3v) is 7.89. The van der Waals surface area contributed by atoms with E-state index in [9.17, 15) is 4.57 Å². The third kappa shape index (κ3) is 21.7. The number of phosphoric acid groups is 1. The molecule has 0 spiro atoms. The summed E-state index contributed by atoms with van der Waals surface area (Å²) in [5.41, 5.74) is 0. The van der Waals surface area contributed by atoms with Crippen LogP contribution in [0.3, 0.4) is 0 Å². The number of hydrogen-bond acceptors (Lipinski definition) is 10. The van der Waals surface area contributed by atoms with Gasteiger partial charge in [-0.05, 0) is 123 Å². The lowest BCUT2D eigenvalue weighted by Crippen LogP contribution is -2.30. The molecular weight excluding hydrogens is 503 g/mol. The first-order valence-corrected chi connectivity index (χ1v) is 15.6. The lowest BCUT2D eigenvalue weighted by atomic mass is 10.2. The summed E-state index contributed by atoms with van der Waals surface area (Å²) in [6.45, 7) is 5.04. The van der Waals surface area contributed by atoms with Gasteiger partial charge in [-0.3, -0.25) is 13.6 Å². The Balaban J connectivity index is 6.05. The van der Waals surface area contributed by atoms with Crippen LogP contribution in [0, 0.1) is 0 Å². The largest absolute Gasteiger partial charge is 0.475 e. The second-order valence-corrected chi connectivity index (χ2v) is 13.7. The molecule has 38 heavy (non-hydrogen) atoms. The van der Waals surface area contributed by atoms with Crippen LogP contribution < -0.4 is 0 Å². The Morgan fingerprint density at radius 3 is 0.684 bits per heavy atom. The summed E-state index contributed by atoms with van der Waals surface area (Å²) < 4.78 is 33.9. The number of rotatable bonds is 24. The molecule has 0 atom stereocenters. The summed E-state index contributed by atoms with van der Waals surface area (Å²) in [7, 11) is 20.7. The number of nitrogens with zero attached hydrogens (tertiary/aromatic N) is 6. The molecule has 10 nitrogen and oxygen atoms in total. The fraction of sp³-hybridized carbons (Fsp3) is 1.00. The zero-order valence-electron chi connectivity index (χ0n) is 27.0. The van der Waals surface area contributed by atoms with Crippen LogP contribution in [-0.2, 0) is 18.1 Å². The van der Waals surface area contributed by atoms with E-state index in [4.69, 9.17) is 13.6 Å². The van der Waals surface area contributed by atoms with Crippen LogP contribution in [0.25, 0.3) is 0 Å². The second kappa shape index (κ2) is 20.7. The summed E-state index contributed by atoms with van der Waals surface area (Å²) in [5, 5.41) is 0. The van der Waals surface area contributed by atoms with Crippen LogP contribution in [-0.4, -0.2) is 172 Å². The van der Waals surface area contributed by atoms with Crippen molar-refractivity contribution in [2.75, 3.05) is 124 Å². The minimum atomic E-state index is -3.86. The van der Waals surface area contributed by atoms with Gasteiger partial charge in [-0.15, -0.1) is 0 Å². The third-order valence-electron chi connectivity index (χ3n) is 6.22. The number of phosphoric ester groups is 1. The van der Waals surface area contributed by atoms with Gasteiger partial charge in [0.05, 0.1) is 18.3 Å². The molecule has 0 aliphatic rings. The standard InChI is InChI=1S/C27H63N6O4P/c1-28(2)19-13-25(14-20-29(3)4)35-38(34,36-26(15-21-30(5)6)16-22-31(7)8)37-27(17-23-32(9)10)18-24-33(11)12/h25-27H,13-24H2,1-12H3. The topological polar surface area (TPSA) is 64.2 Å². The van der Waals surface area contributed by atoms with Gasteiger partial charge in [-0.25, -0.2) is 4.57 Å². The highest BCUT2D eigenvalue weighted by molar-refractivity contribution is 7.48. The first-order valence-electron chi connectivity index (χ1n) is 14.2. The van der Waals surface area contributed by atoms with Crippen molar-refractivity contribution >= 4 is 7.82 Å². The molecule has 0 aromatic carbocycles. The predicted octanol–water partition coefficient (Wildman–Crippen LogP) is 2.96. The molecule has 0 unspecified atom stereocenters. The van der Waals surface area contributed by atoms with Gasteiger partial charge in [-0.1, -0.05) is 0 Å². The summed E-state index contributed by atoms with van der Waals surface area (Å²) in [4.78, 5) is 12.8. The average Bonchev–Trinajstić information content (AvgIpc) is 2.78. The zero-order valence-corrected chi connectivity index (χ0v) is 27.9. The highest BCUT2D eigenvalue weighted by atomic mass is 31.2. The molecule has 0 saturated heterocycles. The average molecular weight is 567 g/mol. The summed E-state index contributed by atoms with van der Waals surface area (Å²) in [6.07, 6.45) is 3.90. The molecule has 230 valence electrons. The predicted molar refractivity (Wildman–Crippen MR) is 161 cm³/mol. The lowest BCUT2D eigenvalue weighted by molar-refractivity contribution is 0.0111. The van der Waals surface area contributed by atoms with Crippen molar-refractivity contribution in [1.82, 2.24) is 29.4 Å². The zero-order chi connectivity index (χ0) is 29.3. The first-order chi connectivity index (χ1) is 17.6. The molecule has 0 aliphatic heterocycles. The van der Waals surface area contributed by atoms with Crippen molar-refractivity contribution in [3.63, 3.8) is 0 Å². The van der Waals surface area contributed by atoms with E-state index >= 15 is 0 Å². The van der Waals surface area contributed by atoms with E-state index in [0.29, 0.717) is 0 Å². The van der Waals surface area contributed by atoms with E-state index in [-0.39, 0.29) is 18.3 Å². The Labute approximate surface area is 236 Å². The molecule has 0 aromatic heterocycles. The highest BCUT2D eigenvalue weighted by Gasteiger charge is 2.37. The van der Waals surface area contributed by atoms with Crippen molar-refractivity contribution in [2.24, 2.45) is 0 Å². The molecular formula is C27H63N6O4P. The number of hydrogen-bond donors (Lipinski definition) is 0. The minimum Gasteiger partial charge on any atom is -0.309 e. The van der Waals surface area contributed by atoms with Crippen molar-refractivity contribution in [1.29, 1.82) is 0 Å². The molecule has 0 radical (unpaired) electrons.